The van der Waals surface area contributed by atoms with Gasteiger partial charge in [0.05, 0.1) is 17.3 Å². The van der Waals surface area contributed by atoms with E-state index in [0.29, 0.717) is 5.15 Å². The molecule has 1 aromatic heterocycles. The van der Waals surface area contributed by atoms with Gasteiger partial charge in [-0.1, -0.05) is 43.6 Å². The highest BCUT2D eigenvalue weighted by molar-refractivity contribution is 6.30. The first kappa shape index (κ1) is 15.6. The van der Waals surface area contributed by atoms with Gasteiger partial charge < -0.3 is 4.74 Å². The minimum Gasteiger partial charge on any atom is -0.460 e. The van der Waals surface area contributed by atoms with Crippen LogP contribution in [0.5, 0.6) is 0 Å². The van der Waals surface area contributed by atoms with Crippen molar-refractivity contribution in [3.8, 4) is 5.69 Å². The molecule has 1 aromatic carbocycles. The van der Waals surface area contributed by atoms with Crippen molar-refractivity contribution in [3.05, 3.63) is 46.7 Å². The number of hydrogen-bond acceptors (Lipinski definition) is 3. The first-order valence-corrected chi connectivity index (χ1v) is 7.38. The number of halogens is 1. The summed E-state index contributed by atoms with van der Waals surface area (Å²) in [5.74, 6) is -0.311. The van der Waals surface area contributed by atoms with Crippen LogP contribution < -0.4 is 0 Å². The van der Waals surface area contributed by atoms with Gasteiger partial charge in [-0.3, -0.25) is 4.79 Å². The van der Waals surface area contributed by atoms with Gasteiger partial charge in [0.1, 0.15) is 11.8 Å². The Morgan fingerprint density at radius 2 is 2.05 bits per heavy atom. The van der Waals surface area contributed by atoms with Crippen LogP contribution >= 0.6 is 11.6 Å². The summed E-state index contributed by atoms with van der Waals surface area (Å²) >= 11 is 6.37. The van der Waals surface area contributed by atoms with Gasteiger partial charge >= 0.3 is 5.97 Å². The van der Waals surface area contributed by atoms with Gasteiger partial charge in [-0.2, -0.15) is 5.10 Å². The van der Waals surface area contributed by atoms with Crippen molar-refractivity contribution in [3.63, 3.8) is 0 Å². The predicted octanol–water partition coefficient (Wildman–Crippen LogP) is 3.92. The topological polar surface area (TPSA) is 44.1 Å². The van der Waals surface area contributed by atoms with Gasteiger partial charge in [-0.15, -0.1) is 0 Å². The smallest absolute Gasteiger partial charge is 0.308 e. The van der Waals surface area contributed by atoms with Crippen molar-refractivity contribution in [2.45, 2.75) is 33.8 Å². The number of carbonyl (C=O) groups is 1. The van der Waals surface area contributed by atoms with E-state index >= 15 is 0 Å². The third-order valence-electron chi connectivity index (χ3n) is 3.50. The van der Waals surface area contributed by atoms with E-state index in [0.717, 1.165) is 23.4 Å². The highest BCUT2D eigenvalue weighted by atomic mass is 35.5. The van der Waals surface area contributed by atoms with E-state index in [1.54, 1.807) is 4.68 Å². The Morgan fingerprint density at radius 3 is 2.67 bits per heavy atom. The minimum absolute atomic E-state index is 0.103. The second-order valence-electron chi connectivity index (χ2n) is 5.02. The van der Waals surface area contributed by atoms with Crippen molar-refractivity contribution in [2.24, 2.45) is 5.92 Å². The first-order chi connectivity index (χ1) is 10.0. The molecule has 2 rings (SSSR count). The van der Waals surface area contributed by atoms with Crippen molar-refractivity contribution < 1.29 is 9.53 Å². The average molecular weight is 307 g/mol. The second-order valence-corrected chi connectivity index (χ2v) is 5.38. The minimum atomic E-state index is -0.208. The van der Waals surface area contributed by atoms with Gasteiger partial charge in [0.2, 0.25) is 0 Å². The molecule has 1 atom stereocenters. The second kappa shape index (κ2) is 6.76. The summed E-state index contributed by atoms with van der Waals surface area (Å²) < 4.78 is 6.97. The van der Waals surface area contributed by atoms with Crippen LogP contribution in [0.3, 0.4) is 0 Å². The zero-order valence-corrected chi connectivity index (χ0v) is 13.2. The first-order valence-electron chi connectivity index (χ1n) is 7.00. The van der Waals surface area contributed by atoms with Crippen LogP contribution in [-0.4, -0.2) is 15.7 Å². The maximum Gasteiger partial charge on any atom is 0.308 e. The van der Waals surface area contributed by atoms with Gasteiger partial charge in [0.15, 0.2) is 0 Å². The molecule has 1 unspecified atom stereocenters. The number of esters is 1. The highest BCUT2D eigenvalue weighted by Gasteiger charge is 2.18. The fourth-order valence-electron chi connectivity index (χ4n) is 1.89. The van der Waals surface area contributed by atoms with Crippen molar-refractivity contribution in [1.29, 1.82) is 0 Å². The molecule has 0 radical (unpaired) electrons. The van der Waals surface area contributed by atoms with Gasteiger partial charge in [-0.05, 0) is 25.5 Å². The van der Waals surface area contributed by atoms with E-state index in [1.807, 2.05) is 51.1 Å². The largest absolute Gasteiger partial charge is 0.460 e. The van der Waals surface area contributed by atoms with Crippen LogP contribution in [0.2, 0.25) is 5.15 Å². The Kier molecular flexibility index (Phi) is 5.02. The number of carbonyl (C=O) groups excluding carboxylic acids is 1. The number of benzene rings is 1. The van der Waals surface area contributed by atoms with Crippen LogP contribution in [0.1, 0.15) is 31.5 Å². The van der Waals surface area contributed by atoms with Crippen LogP contribution in [0.15, 0.2) is 30.3 Å². The summed E-state index contributed by atoms with van der Waals surface area (Å²) in [4.78, 5) is 11.8. The molecule has 0 aliphatic rings. The van der Waals surface area contributed by atoms with E-state index < -0.39 is 0 Å². The highest BCUT2D eigenvalue weighted by Crippen LogP contribution is 2.24. The SMILES string of the molecule is CCC(C)C(=O)OCc1c(C)nn(-c2ccccc2)c1Cl. The fourth-order valence-corrected chi connectivity index (χ4v) is 2.21. The molecule has 4 nitrogen and oxygen atoms in total. The number of aromatic nitrogens is 2. The molecule has 112 valence electrons. The summed E-state index contributed by atoms with van der Waals surface area (Å²) in [6.07, 6.45) is 0.759. The molecule has 0 bridgehead atoms. The summed E-state index contributed by atoms with van der Waals surface area (Å²) in [6.45, 7) is 5.82. The average Bonchev–Trinajstić information content (AvgIpc) is 2.79. The van der Waals surface area contributed by atoms with E-state index in [1.165, 1.54) is 0 Å². The third-order valence-corrected chi connectivity index (χ3v) is 3.88. The van der Waals surface area contributed by atoms with Crippen LogP contribution in [0.25, 0.3) is 5.69 Å². The van der Waals surface area contributed by atoms with Crippen molar-refractivity contribution >= 4 is 17.6 Å². The van der Waals surface area contributed by atoms with Crippen LogP contribution in [0, 0.1) is 12.8 Å². The Hall–Kier alpha value is -1.81. The Bertz CT molecular complexity index is 623. The van der Waals surface area contributed by atoms with E-state index in [2.05, 4.69) is 5.10 Å². The number of nitrogens with zero attached hydrogens (tertiary/aromatic N) is 2. The zero-order valence-electron chi connectivity index (χ0n) is 12.5. The van der Waals surface area contributed by atoms with Gasteiger partial charge in [-0.25, -0.2) is 4.68 Å². The quantitative estimate of drug-likeness (QED) is 0.786. The molecule has 5 heteroatoms. The standard InChI is InChI=1S/C16H19ClN2O2/c1-4-11(2)16(20)21-10-14-12(3)18-19(15(14)17)13-8-6-5-7-9-13/h5-9,11H,4,10H2,1-3H3. The molecule has 1 heterocycles. The number of hydrogen-bond donors (Lipinski definition) is 0. The molecule has 2 aromatic rings. The van der Waals surface area contributed by atoms with E-state index in [4.69, 9.17) is 16.3 Å². The molecular weight excluding hydrogens is 288 g/mol. The normalized spacial score (nSPS) is 12.2. The zero-order chi connectivity index (χ0) is 15.4. The monoisotopic (exact) mass is 306 g/mol. The fraction of sp³-hybridized carbons (Fsp3) is 0.375. The maximum absolute atomic E-state index is 11.8. The molecule has 0 aliphatic heterocycles. The number of ether oxygens (including phenoxy) is 1. The summed E-state index contributed by atoms with van der Waals surface area (Å²) in [5.41, 5.74) is 2.39. The lowest BCUT2D eigenvalue weighted by molar-refractivity contribution is -0.149. The Morgan fingerprint density at radius 1 is 1.38 bits per heavy atom. The van der Waals surface area contributed by atoms with Crippen molar-refractivity contribution in [1.82, 2.24) is 9.78 Å². The lowest BCUT2D eigenvalue weighted by Crippen LogP contribution is -2.14. The predicted molar refractivity (Wildman–Crippen MR) is 82.6 cm³/mol. The summed E-state index contributed by atoms with van der Waals surface area (Å²) in [6, 6.07) is 9.62. The summed E-state index contributed by atoms with van der Waals surface area (Å²) in [5, 5.41) is 4.90. The van der Waals surface area contributed by atoms with Crippen LogP contribution in [0.4, 0.5) is 0 Å². The number of para-hydroxylation sites is 1. The number of rotatable bonds is 5. The third kappa shape index (κ3) is 3.45. The lowest BCUT2D eigenvalue weighted by atomic mass is 10.1. The Labute approximate surface area is 129 Å². The summed E-state index contributed by atoms with van der Waals surface area (Å²) in [7, 11) is 0. The van der Waals surface area contributed by atoms with Gasteiger partial charge in [0.25, 0.3) is 0 Å². The maximum atomic E-state index is 11.8. The molecular formula is C16H19ClN2O2. The molecule has 0 N–H and O–H groups in total. The van der Waals surface area contributed by atoms with Crippen molar-refractivity contribution in [2.75, 3.05) is 0 Å². The molecule has 0 aliphatic carbocycles. The van der Waals surface area contributed by atoms with E-state index in [-0.39, 0.29) is 18.5 Å². The molecule has 0 saturated heterocycles. The van der Waals surface area contributed by atoms with E-state index in [9.17, 15) is 4.79 Å². The molecule has 0 saturated carbocycles. The molecule has 0 amide bonds. The molecule has 0 fully saturated rings. The lowest BCUT2D eigenvalue weighted by Gasteiger charge is -2.09. The molecule has 21 heavy (non-hydrogen) atoms. The number of aryl methyl sites for hydroxylation is 1. The van der Waals surface area contributed by atoms with Gasteiger partial charge in [0, 0.05) is 5.56 Å². The molecule has 0 spiro atoms. The van der Waals surface area contributed by atoms with Crippen LogP contribution in [-0.2, 0) is 16.1 Å². The Balaban J connectivity index is 2.19.